The molecule has 0 amide bonds. The van der Waals surface area contributed by atoms with Crippen molar-refractivity contribution in [2.45, 2.75) is 31.7 Å². The van der Waals surface area contributed by atoms with Crippen LogP contribution in [0.1, 0.15) is 31.2 Å². The number of benzene rings is 1. The molecule has 0 spiro atoms. The van der Waals surface area contributed by atoms with Crippen LogP contribution in [0.15, 0.2) is 22.7 Å². The van der Waals surface area contributed by atoms with Crippen molar-refractivity contribution in [1.82, 2.24) is 0 Å². The summed E-state index contributed by atoms with van der Waals surface area (Å²) < 4.78 is 0.777. The Morgan fingerprint density at radius 3 is 2.58 bits per heavy atom. The maximum Gasteiger partial charge on any atom is 0.306 e. The summed E-state index contributed by atoms with van der Waals surface area (Å²) in [5, 5.41) is 21.2. The highest BCUT2D eigenvalue weighted by Gasteiger charge is 2.25. The van der Waals surface area contributed by atoms with Crippen LogP contribution in [-0.4, -0.2) is 17.1 Å². The van der Waals surface area contributed by atoms with E-state index in [0.717, 1.165) is 35.8 Å². The predicted molar refractivity (Wildman–Crippen MR) is 75.9 cm³/mol. The molecule has 5 heteroatoms. The summed E-state index contributed by atoms with van der Waals surface area (Å²) in [5.74, 6) is -0.870. The van der Waals surface area contributed by atoms with Gasteiger partial charge in [0.15, 0.2) is 0 Å². The molecule has 19 heavy (non-hydrogen) atoms. The molecule has 0 aliphatic heterocycles. The minimum absolute atomic E-state index is 0.189. The van der Waals surface area contributed by atoms with Crippen molar-refractivity contribution in [1.29, 1.82) is 5.26 Å². The molecule has 1 aliphatic carbocycles. The molecule has 1 aromatic carbocycles. The van der Waals surface area contributed by atoms with Crippen LogP contribution < -0.4 is 5.32 Å². The molecule has 1 saturated carbocycles. The van der Waals surface area contributed by atoms with Gasteiger partial charge in [0, 0.05) is 16.2 Å². The van der Waals surface area contributed by atoms with Crippen LogP contribution in [0, 0.1) is 17.2 Å². The van der Waals surface area contributed by atoms with Crippen molar-refractivity contribution >= 4 is 27.6 Å². The smallest absolute Gasteiger partial charge is 0.306 e. The molecule has 0 bridgehead atoms. The van der Waals surface area contributed by atoms with Gasteiger partial charge in [-0.1, -0.05) is 0 Å². The summed E-state index contributed by atoms with van der Waals surface area (Å²) in [6, 6.07) is 7.97. The van der Waals surface area contributed by atoms with Crippen molar-refractivity contribution in [3.8, 4) is 6.07 Å². The van der Waals surface area contributed by atoms with Crippen molar-refractivity contribution in [2.24, 2.45) is 5.92 Å². The summed E-state index contributed by atoms with van der Waals surface area (Å²) >= 11 is 3.36. The van der Waals surface area contributed by atoms with Crippen LogP contribution in [0.25, 0.3) is 0 Å². The number of anilines is 1. The van der Waals surface area contributed by atoms with E-state index in [4.69, 9.17) is 10.4 Å². The first-order chi connectivity index (χ1) is 9.10. The number of hydrogen-bond donors (Lipinski definition) is 2. The second kappa shape index (κ2) is 6.07. The van der Waals surface area contributed by atoms with E-state index < -0.39 is 5.97 Å². The quantitative estimate of drug-likeness (QED) is 0.894. The number of nitrogens with one attached hydrogen (secondary N) is 1. The van der Waals surface area contributed by atoms with Gasteiger partial charge in [-0.15, -0.1) is 0 Å². The lowest BCUT2D eigenvalue weighted by Gasteiger charge is -2.27. The van der Waals surface area contributed by atoms with Crippen LogP contribution in [0.2, 0.25) is 0 Å². The normalized spacial score (nSPS) is 22.5. The van der Waals surface area contributed by atoms with E-state index >= 15 is 0 Å². The third-order valence-corrected chi connectivity index (χ3v) is 4.19. The minimum atomic E-state index is -0.681. The van der Waals surface area contributed by atoms with Crippen molar-refractivity contribution in [2.75, 3.05) is 5.32 Å². The van der Waals surface area contributed by atoms with E-state index in [2.05, 4.69) is 27.3 Å². The lowest BCUT2D eigenvalue weighted by molar-refractivity contribution is -0.142. The molecule has 0 heterocycles. The van der Waals surface area contributed by atoms with Gasteiger partial charge in [-0.3, -0.25) is 4.79 Å². The van der Waals surface area contributed by atoms with E-state index in [-0.39, 0.29) is 5.92 Å². The van der Waals surface area contributed by atoms with Gasteiger partial charge in [-0.05, 0) is 59.8 Å². The number of nitrogens with zero attached hydrogens (tertiary/aromatic N) is 1. The molecule has 1 aliphatic rings. The van der Waals surface area contributed by atoms with Gasteiger partial charge in [-0.2, -0.15) is 5.26 Å². The Balaban J connectivity index is 1.94. The van der Waals surface area contributed by atoms with Gasteiger partial charge in [-0.25, -0.2) is 0 Å². The first kappa shape index (κ1) is 13.9. The van der Waals surface area contributed by atoms with E-state index in [1.54, 1.807) is 6.07 Å². The van der Waals surface area contributed by atoms with Gasteiger partial charge < -0.3 is 10.4 Å². The number of carboxylic acids is 1. The highest BCUT2D eigenvalue weighted by atomic mass is 79.9. The fourth-order valence-electron chi connectivity index (χ4n) is 2.42. The van der Waals surface area contributed by atoms with Gasteiger partial charge in [0.05, 0.1) is 11.5 Å². The van der Waals surface area contributed by atoms with Crippen LogP contribution in [0.5, 0.6) is 0 Å². The van der Waals surface area contributed by atoms with Crippen LogP contribution in [0.3, 0.4) is 0 Å². The lowest BCUT2D eigenvalue weighted by Crippen LogP contribution is -2.29. The molecule has 4 nitrogen and oxygen atoms in total. The summed E-state index contributed by atoms with van der Waals surface area (Å²) in [4.78, 5) is 10.9. The highest BCUT2D eigenvalue weighted by Crippen LogP contribution is 2.28. The molecule has 2 N–H and O–H groups in total. The molecule has 0 radical (unpaired) electrons. The molecule has 1 aromatic rings. The summed E-state index contributed by atoms with van der Waals surface area (Å²) in [5.41, 5.74) is 1.57. The van der Waals surface area contributed by atoms with Gasteiger partial charge >= 0.3 is 5.97 Å². The number of rotatable bonds is 3. The Labute approximate surface area is 120 Å². The number of aliphatic carboxylic acids is 1. The third kappa shape index (κ3) is 3.48. The van der Waals surface area contributed by atoms with E-state index in [1.807, 2.05) is 12.1 Å². The second-order valence-electron chi connectivity index (χ2n) is 4.84. The van der Waals surface area contributed by atoms with Gasteiger partial charge in [0.2, 0.25) is 0 Å². The Morgan fingerprint density at radius 2 is 2.05 bits per heavy atom. The molecule has 100 valence electrons. The second-order valence-corrected chi connectivity index (χ2v) is 5.69. The summed E-state index contributed by atoms with van der Waals surface area (Å²) in [6.45, 7) is 0. The standard InChI is InChI=1S/C14H15BrN2O2/c15-13-7-12(6-3-10(13)8-16)17-11-4-1-9(2-5-11)14(18)19/h3,6-7,9,11,17H,1-2,4-5H2,(H,18,19). The average Bonchev–Trinajstić information content (AvgIpc) is 2.39. The molecular formula is C14H15BrN2O2. The molecule has 0 atom stereocenters. The molecule has 1 fully saturated rings. The lowest BCUT2D eigenvalue weighted by atomic mass is 9.86. The average molecular weight is 323 g/mol. The number of carboxylic acid groups (broad SMARTS) is 1. The summed E-state index contributed by atoms with van der Waals surface area (Å²) in [6.07, 6.45) is 3.19. The first-order valence-electron chi connectivity index (χ1n) is 6.29. The van der Waals surface area contributed by atoms with Gasteiger partial charge in [0.25, 0.3) is 0 Å². The molecular weight excluding hydrogens is 308 g/mol. The van der Waals surface area contributed by atoms with Crippen molar-refractivity contribution in [3.05, 3.63) is 28.2 Å². The van der Waals surface area contributed by atoms with E-state index in [1.165, 1.54) is 0 Å². The number of nitriles is 1. The molecule has 0 aromatic heterocycles. The topological polar surface area (TPSA) is 73.1 Å². The maximum atomic E-state index is 10.9. The number of carbonyl (C=O) groups is 1. The number of halogens is 1. The van der Waals surface area contributed by atoms with Crippen LogP contribution >= 0.6 is 15.9 Å². The SMILES string of the molecule is N#Cc1ccc(NC2CCC(C(=O)O)CC2)cc1Br. The predicted octanol–water partition coefficient (Wildman–Crippen LogP) is 3.38. The molecule has 0 unspecified atom stereocenters. The van der Waals surface area contributed by atoms with E-state index in [9.17, 15) is 4.79 Å². The largest absolute Gasteiger partial charge is 0.481 e. The zero-order valence-electron chi connectivity index (χ0n) is 10.4. The monoisotopic (exact) mass is 322 g/mol. The van der Waals surface area contributed by atoms with Crippen molar-refractivity contribution < 1.29 is 9.90 Å². The van der Waals surface area contributed by atoms with Crippen LogP contribution in [-0.2, 0) is 4.79 Å². The Morgan fingerprint density at radius 1 is 1.37 bits per heavy atom. The number of hydrogen-bond acceptors (Lipinski definition) is 3. The summed E-state index contributed by atoms with van der Waals surface area (Å²) in [7, 11) is 0. The zero-order chi connectivity index (χ0) is 13.8. The fraction of sp³-hybridized carbons (Fsp3) is 0.429. The Bertz CT molecular complexity index is 517. The Kier molecular flexibility index (Phi) is 4.43. The zero-order valence-corrected chi connectivity index (χ0v) is 12.0. The minimum Gasteiger partial charge on any atom is -0.481 e. The molecule has 0 saturated heterocycles. The van der Waals surface area contributed by atoms with Crippen molar-refractivity contribution in [3.63, 3.8) is 0 Å². The third-order valence-electron chi connectivity index (χ3n) is 3.54. The fourth-order valence-corrected chi connectivity index (χ4v) is 2.88. The van der Waals surface area contributed by atoms with E-state index in [0.29, 0.717) is 11.6 Å². The van der Waals surface area contributed by atoms with Gasteiger partial charge in [0.1, 0.15) is 6.07 Å². The Hall–Kier alpha value is -1.54. The molecule has 2 rings (SSSR count). The maximum absolute atomic E-state index is 10.9. The van der Waals surface area contributed by atoms with Crippen LogP contribution in [0.4, 0.5) is 5.69 Å². The first-order valence-corrected chi connectivity index (χ1v) is 7.08. The highest BCUT2D eigenvalue weighted by molar-refractivity contribution is 9.10.